The molecule has 2 N–H and O–H groups in total. The smallest absolute Gasteiger partial charge is 0.119 e. The molecule has 4 heteroatoms. The van der Waals surface area contributed by atoms with Crippen LogP contribution in [0.25, 0.3) is 0 Å². The number of nitrogens with two attached hydrogens (primary N) is 1. The molecule has 0 bridgehead atoms. The summed E-state index contributed by atoms with van der Waals surface area (Å²) < 4.78 is 10.5. The van der Waals surface area contributed by atoms with Crippen LogP contribution in [0.15, 0.2) is 18.2 Å². The molecule has 3 atom stereocenters. The average Bonchev–Trinajstić information content (AvgIpc) is 2.46. The van der Waals surface area contributed by atoms with Crippen LogP contribution in [0, 0.1) is 0 Å². The van der Waals surface area contributed by atoms with Crippen LogP contribution in [0.5, 0.6) is 5.75 Å². The first-order chi connectivity index (χ1) is 9.58. The lowest BCUT2D eigenvalue weighted by Crippen LogP contribution is -2.48. The Labute approximate surface area is 121 Å². The van der Waals surface area contributed by atoms with E-state index in [4.69, 9.17) is 15.2 Å². The molecule has 112 valence electrons. The van der Waals surface area contributed by atoms with Gasteiger partial charge >= 0.3 is 0 Å². The number of aryl methyl sites for hydroxylation is 1. The van der Waals surface area contributed by atoms with Crippen LogP contribution >= 0.6 is 0 Å². The molecule has 0 heterocycles. The van der Waals surface area contributed by atoms with E-state index in [-0.39, 0.29) is 6.04 Å². The van der Waals surface area contributed by atoms with Crippen LogP contribution in [0.2, 0.25) is 0 Å². The Kier molecular flexibility index (Phi) is 5.02. The highest BCUT2D eigenvalue weighted by Gasteiger charge is 2.31. The molecule has 0 aliphatic heterocycles. The van der Waals surface area contributed by atoms with Crippen molar-refractivity contribution in [2.75, 3.05) is 27.9 Å². The van der Waals surface area contributed by atoms with E-state index in [0.29, 0.717) is 12.1 Å². The van der Waals surface area contributed by atoms with Crippen LogP contribution < -0.4 is 10.5 Å². The quantitative estimate of drug-likeness (QED) is 0.894. The Morgan fingerprint density at radius 2 is 2.15 bits per heavy atom. The maximum atomic E-state index is 6.49. The molecule has 20 heavy (non-hydrogen) atoms. The zero-order valence-electron chi connectivity index (χ0n) is 12.9. The number of nitrogens with zero attached hydrogens (tertiary/aromatic N) is 1. The lowest BCUT2D eigenvalue weighted by Gasteiger charge is -2.40. The van der Waals surface area contributed by atoms with Gasteiger partial charge in [0.1, 0.15) is 5.75 Å². The van der Waals surface area contributed by atoms with E-state index in [9.17, 15) is 0 Å². The van der Waals surface area contributed by atoms with Crippen molar-refractivity contribution in [3.63, 3.8) is 0 Å². The molecule has 1 aliphatic rings. The first-order valence-electron chi connectivity index (χ1n) is 7.21. The molecular weight excluding hydrogens is 252 g/mol. The predicted molar refractivity (Wildman–Crippen MR) is 81.1 cm³/mol. The fraction of sp³-hybridized carbons (Fsp3) is 0.625. The summed E-state index contributed by atoms with van der Waals surface area (Å²) >= 11 is 0. The fourth-order valence-electron chi connectivity index (χ4n) is 3.08. The lowest BCUT2D eigenvalue weighted by molar-refractivity contribution is 0.0743. The summed E-state index contributed by atoms with van der Waals surface area (Å²) in [6.07, 6.45) is 2.13. The highest BCUT2D eigenvalue weighted by atomic mass is 16.5. The summed E-state index contributed by atoms with van der Waals surface area (Å²) in [4.78, 5) is 2.35. The van der Waals surface area contributed by atoms with Gasteiger partial charge in [0.2, 0.25) is 0 Å². The van der Waals surface area contributed by atoms with Crippen molar-refractivity contribution in [2.45, 2.75) is 37.9 Å². The molecule has 4 nitrogen and oxygen atoms in total. The van der Waals surface area contributed by atoms with Crippen molar-refractivity contribution in [2.24, 2.45) is 5.73 Å². The third-order valence-corrected chi connectivity index (χ3v) is 4.46. The van der Waals surface area contributed by atoms with E-state index in [1.165, 1.54) is 11.1 Å². The van der Waals surface area contributed by atoms with Crippen molar-refractivity contribution in [1.82, 2.24) is 4.90 Å². The normalized spacial score (nSPS) is 23.5. The van der Waals surface area contributed by atoms with Gasteiger partial charge in [-0.25, -0.2) is 0 Å². The first-order valence-corrected chi connectivity index (χ1v) is 7.21. The predicted octanol–water partition coefficient (Wildman–Crippen LogP) is 1.98. The Morgan fingerprint density at radius 3 is 2.80 bits per heavy atom. The Morgan fingerprint density at radius 1 is 1.40 bits per heavy atom. The molecule has 1 aromatic rings. The summed E-state index contributed by atoms with van der Waals surface area (Å²) in [6, 6.07) is 7.01. The second kappa shape index (κ2) is 6.57. The summed E-state index contributed by atoms with van der Waals surface area (Å²) in [5, 5.41) is 0. The summed E-state index contributed by atoms with van der Waals surface area (Å²) in [5.74, 6) is 0.913. The van der Waals surface area contributed by atoms with Gasteiger partial charge < -0.3 is 15.2 Å². The monoisotopic (exact) mass is 278 g/mol. The molecule has 0 saturated carbocycles. The van der Waals surface area contributed by atoms with Gasteiger partial charge in [-0.2, -0.15) is 0 Å². The van der Waals surface area contributed by atoms with E-state index in [1.807, 2.05) is 6.07 Å². The third-order valence-electron chi connectivity index (χ3n) is 4.46. The standard InChI is InChI=1S/C16H26N2O2/c1-11(10-19-3)18(2)15-8-5-12-9-13(20-4)6-7-14(12)16(15)17/h6-7,9,11,15-16H,5,8,10,17H2,1-4H3. The number of benzene rings is 1. The number of fused-ring (bicyclic) bond motifs is 1. The number of hydrogen-bond donors (Lipinski definition) is 1. The summed E-state index contributed by atoms with van der Waals surface area (Å²) in [6.45, 7) is 2.91. The van der Waals surface area contributed by atoms with Crippen LogP contribution in [-0.2, 0) is 11.2 Å². The number of methoxy groups -OCH3 is 2. The van der Waals surface area contributed by atoms with Crippen molar-refractivity contribution in [1.29, 1.82) is 0 Å². The zero-order valence-corrected chi connectivity index (χ0v) is 12.9. The van der Waals surface area contributed by atoms with E-state index >= 15 is 0 Å². The van der Waals surface area contributed by atoms with Gasteiger partial charge in [-0.15, -0.1) is 0 Å². The Balaban J connectivity index is 2.16. The molecule has 0 fully saturated rings. The topological polar surface area (TPSA) is 47.7 Å². The third kappa shape index (κ3) is 2.97. The number of hydrogen-bond acceptors (Lipinski definition) is 4. The van der Waals surface area contributed by atoms with Crippen molar-refractivity contribution in [3.8, 4) is 5.75 Å². The Hall–Kier alpha value is -1.10. The molecule has 0 spiro atoms. The summed E-state index contributed by atoms with van der Waals surface area (Å²) in [7, 11) is 5.59. The first kappa shape index (κ1) is 15.3. The minimum atomic E-state index is 0.0500. The fourth-order valence-corrected chi connectivity index (χ4v) is 3.08. The maximum absolute atomic E-state index is 6.49. The zero-order chi connectivity index (χ0) is 14.7. The SMILES string of the molecule is COCC(C)N(C)C1CCc2cc(OC)ccc2C1N. The van der Waals surface area contributed by atoms with Crippen LogP contribution in [0.1, 0.15) is 30.5 Å². The molecule has 0 radical (unpaired) electrons. The molecule has 0 saturated heterocycles. The van der Waals surface area contributed by atoms with Crippen LogP contribution in [0.3, 0.4) is 0 Å². The van der Waals surface area contributed by atoms with Gasteiger partial charge in [0.25, 0.3) is 0 Å². The van der Waals surface area contributed by atoms with Crippen molar-refractivity contribution < 1.29 is 9.47 Å². The van der Waals surface area contributed by atoms with E-state index < -0.39 is 0 Å². The van der Waals surface area contributed by atoms with Crippen molar-refractivity contribution in [3.05, 3.63) is 29.3 Å². The minimum absolute atomic E-state index is 0.0500. The molecule has 0 amide bonds. The van der Waals surface area contributed by atoms with Gasteiger partial charge in [-0.05, 0) is 50.1 Å². The van der Waals surface area contributed by atoms with Gasteiger partial charge in [0.15, 0.2) is 0 Å². The van der Waals surface area contributed by atoms with E-state index in [0.717, 1.165) is 25.2 Å². The van der Waals surface area contributed by atoms with Gasteiger partial charge in [-0.1, -0.05) is 6.07 Å². The molecule has 0 aromatic heterocycles. The van der Waals surface area contributed by atoms with Gasteiger partial charge in [0, 0.05) is 25.2 Å². The molecule has 1 aliphatic carbocycles. The number of ether oxygens (including phenoxy) is 2. The number of rotatable bonds is 5. The summed E-state index contributed by atoms with van der Waals surface area (Å²) in [5.41, 5.74) is 9.06. The van der Waals surface area contributed by atoms with Crippen LogP contribution in [0.4, 0.5) is 0 Å². The second-order valence-electron chi connectivity index (χ2n) is 5.67. The second-order valence-corrected chi connectivity index (χ2v) is 5.67. The van der Waals surface area contributed by atoms with Gasteiger partial charge in [-0.3, -0.25) is 4.90 Å². The van der Waals surface area contributed by atoms with E-state index in [1.54, 1.807) is 14.2 Å². The van der Waals surface area contributed by atoms with Crippen LogP contribution in [-0.4, -0.2) is 44.9 Å². The largest absolute Gasteiger partial charge is 0.497 e. The Bertz CT molecular complexity index is 450. The molecular formula is C16H26N2O2. The highest BCUT2D eigenvalue weighted by Crippen LogP contribution is 2.33. The van der Waals surface area contributed by atoms with E-state index in [2.05, 4.69) is 31.0 Å². The number of likely N-dealkylation sites (N-methyl/N-ethyl adjacent to an activating group) is 1. The average molecular weight is 278 g/mol. The molecule has 2 rings (SSSR count). The molecule has 1 aromatic carbocycles. The molecule has 3 unspecified atom stereocenters. The minimum Gasteiger partial charge on any atom is -0.497 e. The van der Waals surface area contributed by atoms with Gasteiger partial charge in [0.05, 0.1) is 13.7 Å². The maximum Gasteiger partial charge on any atom is 0.119 e. The lowest BCUT2D eigenvalue weighted by atomic mass is 9.83. The van der Waals surface area contributed by atoms with Crippen molar-refractivity contribution >= 4 is 0 Å². The highest BCUT2D eigenvalue weighted by molar-refractivity contribution is 5.40.